The van der Waals surface area contributed by atoms with E-state index in [2.05, 4.69) is 4.74 Å². The molecule has 1 heterocycles. The predicted octanol–water partition coefficient (Wildman–Crippen LogP) is -0.298. The summed E-state index contributed by atoms with van der Waals surface area (Å²) in [5.41, 5.74) is 5.75. The number of esters is 1. The second-order valence-electron chi connectivity index (χ2n) is 3.94. The Kier molecular flexibility index (Phi) is 4.10. The summed E-state index contributed by atoms with van der Waals surface area (Å²) in [4.78, 5) is 10.9. The number of nitrogens with two attached hydrogens (primary N) is 1. The summed E-state index contributed by atoms with van der Waals surface area (Å²) in [5.74, 6) is 0.0778. The zero-order valence-corrected chi connectivity index (χ0v) is 9.63. The molecule has 88 valence electrons. The minimum Gasteiger partial charge on any atom is -0.469 e. The molecule has 1 aliphatic heterocycles. The summed E-state index contributed by atoms with van der Waals surface area (Å²) in [6, 6.07) is -0.339. The molecular formula is C9H17NO4S. The van der Waals surface area contributed by atoms with E-state index in [-0.39, 0.29) is 29.4 Å². The van der Waals surface area contributed by atoms with Crippen LogP contribution in [0, 0.1) is 5.92 Å². The second-order valence-corrected chi connectivity index (χ2v) is 6.17. The maximum atomic E-state index is 11.2. The van der Waals surface area contributed by atoms with Crippen molar-refractivity contribution < 1.29 is 17.9 Å². The lowest BCUT2D eigenvalue weighted by Crippen LogP contribution is -2.43. The molecule has 0 saturated carbocycles. The summed E-state index contributed by atoms with van der Waals surface area (Å²) >= 11 is 0. The van der Waals surface area contributed by atoms with Crippen LogP contribution >= 0.6 is 0 Å². The number of hydrogen-bond acceptors (Lipinski definition) is 5. The first-order chi connectivity index (χ1) is 6.94. The van der Waals surface area contributed by atoms with E-state index in [9.17, 15) is 13.2 Å². The van der Waals surface area contributed by atoms with Crippen LogP contribution < -0.4 is 5.73 Å². The fourth-order valence-corrected chi connectivity index (χ4v) is 3.51. The van der Waals surface area contributed by atoms with Crippen molar-refractivity contribution in [2.75, 3.05) is 18.6 Å². The molecule has 0 aromatic carbocycles. The fourth-order valence-electron chi connectivity index (χ4n) is 1.82. The highest BCUT2D eigenvalue weighted by Crippen LogP contribution is 2.22. The Balaban J connectivity index is 2.42. The van der Waals surface area contributed by atoms with Crippen LogP contribution in [0.1, 0.15) is 19.3 Å². The quantitative estimate of drug-likeness (QED) is 0.679. The Morgan fingerprint density at radius 3 is 2.73 bits per heavy atom. The summed E-state index contributed by atoms with van der Waals surface area (Å²) in [6.45, 7) is 0. The van der Waals surface area contributed by atoms with Crippen molar-refractivity contribution in [2.45, 2.75) is 25.3 Å². The molecule has 5 nitrogen and oxygen atoms in total. The number of sulfone groups is 1. The highest BCUT2D eigenvalue weighted by Gasteiger charge is 2.30. The average molecular weight is 235 g/mol. The van der Waals surface area contributed by atoms with Crippen molar-refractivity contribution in [1.29, 1.82) is 0 Å². The van der Waals surface area contributed by atoms with Gasteiger partial charge in [-0.2, -0.15) is 0 Å². The molecule has 1 fully saturated rings. The smallest absolute Gasteiger partial charge is 0.305 e. The van der Waals surface area contributed by atoms with Gasteiger partial charge in [-0.1, -0.05) is 0 Å². The van der Waals surface area contributed by atoms with Crippen LogP contribution in [0.4, 0.5) is 0 Å². The van der Waals surface area contributed by atoms with Gasteiger partial charge in [0.25, 0.3) is 0 Å². The molecule has 2 N–H and O–H groups in total. The summed E-state index contributed by atoms with van der Waals surface area (Å²) < 4.78 is 27.0. The van der Waals surface area contributed by atoms with Crippen molar-refractivity contribution >= 4 is 15.8 Å². The molecule has 2 atom stereocenters. The SMILES string of the molecule is COC(=O)CCC1CCS(=O)(=O)CC1N. The van der Waals surface area contributed by atoms with Crippen molar-refractivity contribution in [3.63, 3.8) is 0 Å². The van der Waals surface area contributed by atoms with E-state index in [4.69, 9.17) is 5.73 Å². The number of methoxy groups -OCH3 is 1. The number of rotatable bonds is 3. The van der Waals surface area contributed by atoms with Crippen LogP contribution in [0.2, 0.25) is 0 Å². The van der Waals surface area contributed by atoms with Gasteiger partial charge < -0.3 is 10.5 Å². The highest BCUT2D eigenvalue weighted by atomic mass is 32.2. The van der Waals surface area contributed by atoms with Gasteiger partial charge in [-0.05, 0) is 18.8 Å². The minimum absolute atomic E-state index is 0.0405. The van der Waals surface area contributed by atoms with E-state index in [0.29, 0.717) is 19.3 Å². The summed E-state index contributed by atoms with van der Waals surface area (Å²) in [6.07, 6.45) is 1.48. The van der Waals surface area contributed by atoms with Crippen LogP contribution in [0.25, 0.3) is 0 Å². The van der Waals surface area contributed by atoms with E-state index >= 15 is 0 Å². The third-order valence-electron chi connectivity index (χ3n) is 2.80. The third-order valence-corrected chi connectivity index (χ3v) is 4.55. The van der Waals surface area contributed by atoms with Crippen LogP contribution in [0.5, 0.6) is 0 Å². The summed E-state index contributed by atoms with van der Waals surface area (Å²) in [5, 5.41) is 0. The second kappa shape index (κ2) is 4.94. The molecular weight excluding hydrogens is 218 g/mol. The Bertz CT molecular complexity index is 325. The Labute approximate surface area is 89.9 Å². The molecule has 0 aliphatic carbocycles. The predicted molar refractivity (Wildman–Crippen MR) is 56.0 cm³/mol. The minimum atomic E-state index is -2.95. The van der Waals surface area contributed by atoms with Crippen LogP contribution in [-0.2, 0) is 19.4 Å². The first-order valence-corrected chi connectivity index (χ1v) is 6.79. The lowest BCUT2D eigenvalue weighted by atomic mass is 9.93. The standard InChI is InChI=1S/C9H17NO4S/c1-14-9(11)3-2-7-4-5-15(12,13)6-8(7)10/h7-8H,2-6,10H2,1H3. The van der Waals surface area contributed by atoms with Crippen molar-refractivity contribution in [2.24, 2.45) is 11.7 Å². The third kappa shape index (κ3) is 3.79. The maximum Gasteiger partial charge on any atom is 0.305 e. The number of carbonyl (C=O) groups is 1. The first-order valence-electron chi connectivity index (χ1n) is 4.97. The van der Waals surface area contributed by atoms with Crippen LogP contribution in [0.3, 0.4) is 0 Å². The van der Waals surface area contributed by atoms with E-state index < -0.39 is 9.84 Å². The van der Waals surface area contributed by atoms with Gasteiger partial charge in [-0.15, -0.1) is 0 Å². The van der Waals surface area contributed by atoms with Crippen molar-refractivity contribution in [3.05, 3.63) is 0 Å². The van der Waals surface area contributed by atoms with Gasteiger partial charge in [0.1, 0.15) is 0 Å². The molecule has 0 aromatic rings. The Hall–Kier alpha value is -0.620. The van der Waals surface area contributed by atoms with Crippen LogP contribution in [0.15, 0.2) is 0 Å². The van der Waals surface area contributed by atoms with E-state index in [1.165, 1.54) is 7.11 Å². The molecule has 0 amide bonds. The fraction of sp³-hybridized carbons (Fsp3) is 0.889. The van der Waals surface area contributed by atoms with Gasteiger partial charge in [0.2, 0.25) is 0 Å². The molecule has 1 saturated heterocycles. The number of hydrogen-bond donors (Lipinski definition) is 1. The average Bonchev–Trinajstić information content (AvgIpc) is 2.15. The molecule has 0 spiro atoms. The number of carbonyl (C=O) groups excluding carboxylic acids is 1. The largest absolute Gasteiger partial charge is 0.469 e. The lowest BCUT2D eigenvalue weighted by molar-refractivity contribution is -0.140. The Morgan fingerprint density at radius 1 is 1.53 bits per heavy atom. The first kappa shape index (κ1) is 12.4. The monoisotopic (exact) mass is 235 g/mol. The van der Waals surface area contributed by atoms with Crippen molar-refractivity contribution in [3.8, 4) is 0 Å². The van der Waals surface area contributed by atoms with Gasteiger partial charge in [0.15, 0.2) is 9.84 Å². The van der Waals surface area contributed by atoms with Gasteiger partial charge >= 0.3 is 5.97 Å². The molecule has 0 aromatic heterocycles. The number of ether oxygens (including phenoxy) is 1. The van der Waals surface area contributed by atoms with E-state index in [1.54, 1.807) is 0 Å². The zero-order valence-electron chi connectivity index (χ0n) is 8.81. The van der Waals surface area contributed by atoms with Crippen LogP contribution in [-0.4, -0.2) is 39.0 Å². The lowest BCUT2D eigenvalue weighted by Gasteiger charge is -2.28. The molecule has 0 radical (unpaired) electrons. The van der Waals surface area contributed by atoms with Gasteiger partial charge in [0.05, 0.1) is 18.6 Å². The highest BCUT2D eigenvalue weighted by molar-refractivity contribution is 7.91. The normalized spacial score (nSPS) is 29.7. The summed E-state index contributed by atoms with van der Waals surface area (Å²) in [7, 11) is -1.61. The van der Waals surface area contributed by atoms with Gasteiger partial charge in [-0.25, -0.2) is 8.42 Å². The zero-order chi connectivity index (χ0) is 11.5. The molecule has 1 rings (SSSR count). The molecule has 1 aliphatic rings. The Morgan fingerprint density at radius 2 is 2.20 bits per heavy atom. The molecule has 15 heavy (non-hydrogen) atoms. The van der Waals surface area contributed by atoms with E-state index in [0.717, 1.165) is 0 Å². The topological polar surface area (TPSA) is 86.5 Å². The van der Waals surface area contributed by atoms with Gasteiger partial charge in [0, 0.05) is 12.5 Å². The van der Waals surface area contributed by atoms with E-state index in [1.807, 2.05) is 0 Å². The van der Waals surface area contributed by atoms with Crippen molar-refractivity contribution in [1.82, 2.24) is 0 Å². The molecule has 6 heteroatoms. The maximum absolute atomic E-state index is 11.2. The molecule has 0 bridgehead atoms. The van der Waals surface area contributed by atoms with Gasteiger partial charge in [-0.3, -0.25) is 4.79 Å². The molecule has 2 unspecified atom stereocenters.